The van der Waals surface area contributed by atoms with E-state index in [1.807, 2.05) is 17.1 Å². The average molecular weight is 570 g/mol. The lowest BCUT2D eigenvalue weighted by molar-refractivity contribution is -0.0879. The smallest absolute Gasteiger partial charge is 0.248 e. The molecule has 1 aliphatic heterocycles. The highest BCUT2D eigenvalue weighted by Gasteiger charge is 2.59. The molecule has 0 amide bonds. The normalized spacial score (nSPS) is 31.1. The molecule has 2 aromatic heterocycles. The van der Waals surface area contributed by atoms with Crippen LogP contribution in [-0.4, -0.2) is 79.8 Å². The van der Waals surface area contributed by atoms with E-state index < -0.39 is 44.5 Å². The Morgan fingerprint density at radius 3 is 2.77 bits per heavy atom. The first-order valence-electron chi connectivity index (χ1n) is 13.3. The number of hydrogen-bond acceptors (Lipinski definition) is 8. The molecule has 40 heavy (non-hydrogen) atoms. The van der Waals surface area contributed by atoms with E-state index >= 15 is 0 Å². The molecule has 6 atom stereocenters. The van der Waals surface area contributed by atoms with Crippen LogP contribution in [0.4, 0.5) is 4.39 Å². The third-order valence-electron chi connectivity index (χ3n) is 8.56. The van der Waals surface area contributed by atoms with Gasteiger partial charge in [0.25, 0.3) is 0 Å². The van der Waals surface area contributed by atoms with Crippen molar-refractivity contribution >= 4 is 20.9 Å². The van der Waals surface area contributed by atoms with Gasteiger partial charge in [-0.1, -0.05) is 36.4 Å². The maximum absolute atomic E-state index is 14.0. The molecule has 9 nitrogen and oxygen atoms in total. The molecule has 212 valence electrons. The lowest BCUT2D eigenvalue weighted by Gasteiger charge is -2.29. The van der Waals surface area contributed by atoms with Gasteiger partial charge in [-0.2, -0.15) is 0 Å². The number of aliphatic hydroxyl groups is 3. The average Bonchev–Trinajstić information content (AvgIpc) is 3.56. The predicted octanol–water partition coefficient (Wildman–Crippen LogP) is 2.54. The molecule has 1 unspecified atom stereocenters. The third-order valence-corrected chi connectivity index (χ3v) is 10.9. The summed E-state index contributed by atoms with van der Waals surface area (Å²) in [6.07, 6.45) is 7.78. The number of halogens is 1. The first-order chi connectivity index (χ1) is 19.0. The molecule has 2 aliphatic carbocycles. The summed E-state index contributed by atoms with van der Waals surface area (Å²) in [5, 5.41) is 33.8. The maximum atomic E-state index is 14.0. The van der Waals surface area contributed by atoms with Crippen LogP contribution in [0, 0.1) is 11.7 Å². The number of fused-ring (bicyclic) bond motifs is 2. The number of nitrogens with zero attached hydrogens (tertiary/aromatic N) is 3. The van der Waals surface area contributed by atoms with E-state index in [1.54, 1.807) is 43.3 Å². The predicted molar refractivity (Wildman–Crippen MR) is 147 cm³/mol. The minimum absolute atomic E-state index is 0.0339. The molecule has 3 aromatic rings. The first-order valence-corrected chi connectivity index (χ1v) is 14.7. The number of aromatic nitrogens is 2. The Balaban J connectivity index is 1.14. The van der Waals surface area contributed by atoms with Crippen molar-refractivity contribution in [1.82, 2.24) is 13.9 Å². The third kappa shape index (κ3) is 4.36. The van der Waals surface area contributed by atoms with Gasteiger partial charge in [-0.3, -0.25) is 9.88 Å². The zero-order valence-corrected chi connectivity index (χ0v) is 22.8. The Morgan fingerprint density at radius 2 is 2.05 bits per heavy atom. The highest BCUT2D eigenvalue weighted by molar-refractivity contribution is 7.91. The largest absolute Gasteiger partial charge is 0.485 e. The van der Waals surface area contributed by atoms with Gasteiger partial charge in [0.1, 0.15) is 28.7 Å². The maximum Gasteiger partial charge on any atom is 0.248 e. The highest BCUT2D eigenvalue weighted by atomic mass is 32.2. The molecular formula is C29H32FN3O6S. The summed E-state index contributed by atoms with van der Waals surface area (Å²) in [5.74, 6) is -0.809. The molecule has 11 heteroatoms. The van der Waals surface area contributed by atoms with Crippen molar-refractivity contribution in [3.8, 4) is 5.75 Å². The summed E-state index contributed by atoms with van der Waals surface area (Å²) in [4.78, 5) is 6.24. The lowest BCUT2D eigenvalue weighted by Crippen LogP contribution is -2.49. The number of benzene rings is 1. The number of aliphatic hydroxyl groups excluding tert-OH is 2. The van der Waals surface area contributed by atoms with Gasteiger partial charge in [-0.05, 0) is 44.0 Å². The van der Waals surface area contributed by atoms with E-state index in [4.69, 9.17) is 4.74 Å². The minimum Gasteiger partial charge on any atom is -0.485 e. The van der Waals surface area contributed by atoms with Gasteiger partial charge in [-0.15, -0.1) is 0 Å². The standard InChI is InChI=1S/C29H32FN3O6S/c1-28(10-5-2-6-11-28)40(37,38)33-12-9-19-13-22(31-15-23(19)33)24(34)17-32-16-20-14-26(27(35)29(20,36)18-32)39-25-8-4-3-7-21(25)30/h2-10,12-13,15,20,24,26-27,34-36H,11,14,16-18H2,1H3/t20-,24-,26+,27+,28?,29-/m1/s1. The van der Waals surface area contributed by atoms with E-state index in [1.165, 1.54) is 28.5 Å². The second kappa shape index (κ2) is 9.78. The van der Waals surface area contributed by atoms with Crippen LogP contribution >= 0.6 is 0 Å². The van der Waals surface area contributed by atoms with Crippen LogP contribution in [-0.2, 0) is 10.0 Å². The van der Waals surface area contributed by atoms with Gasteiger partial charge in [0, 0.05) is 37.1 Å². The van der Waals surface area contributed by atoms with Crippen LogP contribution in [0.1, 0.15) is 31.6 Å². The zero-order chi connectivity index (χ0) is 28.3. The second-order valence-corrected chi connectivity index (χ2v) is 13.5. The monoisotopic (exact) mass is 569 g/mol. The van der Waals surface area contributed by atoms with Crippen molar-refractivity contribution in [2.24, 2.45) is 5.92 Å². The Kier molecular flexibility index (Phi) is 6.62. The van der Waals surface area contributed by atoms with Crippen molar-refractivity contribution in [2.75, 3.05) is 19.6 Å². The van der Waals surface area contributed by atoms with Crippen LogP contribution in [0.2, 0.25) is 0 Å². The molecule has 3 aliphatic rings. The Labute approximate surface area is 231 Å². The summed E-state index contributed by atoms with van der Waals surface area (Å²) < 4.78 is 46.8. The van der Waals surface area contributed by atoms with Gasteiger partial charge in [-0.25, -0.2) is 16.8 Å². The number of hydrogen-bond donors (Lipinski definition) is 3. The lowest BCUT2D eigenvalue weighted by atomic mass is 9.93. The molecule has 0 spiro atoms. The molecule has 1 saturated heterocycles. The van der Waals surface area contributed by atoms with Crippen molar-refractivity contribution < 1.29 is 32.9 Å². The van der Waals surface area contributed by atoms with Crippen LogP contribution in [0.3, 0.4) is 0 Å². The topological polar surface area (TPSA) is 125 Å². The molecule has 1 saturated carbocycles. The summed E-state index contributed by atoms with van der Waals surface area (Å²) in [5.41, 5.74) is -0.647. The van der Waals surface area contributed by atoms with Gasteiger partial charge < -0.3 is 20.1 Å². The summed E-state index contributed by atoms with van der Waals surface area (Å²) in [6.45, 7) is 2.38. The molecule has 0 radical (unpaired) electrons. The van der Waals surface area contributed by atoms with Crippen molar-refractivity contribution in [3.63, 3.8) is 0 Å². The summed E-state index contributed by atoms with van der Waals surface area (Å²) in [7, 11) is -3.76. The Hall–Kier alpha value is -3.09. The first kappa shape index (κ1) is 27.1. The number of allylic oxidation sites excluding steroid dienone is 3. The summed E-state index contributed by atoms with van der Waals surface area (Å²) >= 11 is 0. The van der Waals surface area contributed by atoms with Crippen LogP contribution in [0.25, 0.3) is 10.9 Å². The van der Waals surface area contributed by atoms with Gasteiger partial charge in [0.05, 0.1) is 17.4 Å². The minimum atomic E-state index is -3.76. The van der Waals surface area contributed by atoms with E-state index in [9.17, 15) is 28.1 Å². The number of β-amino-alcohol motifs (C(OH)–C–C–N with tert-alkyl or cyclic N) is 2. The SMILES string of the molecule is CC1(S(=O)(=O)n2ccc3cc([C@H](O)CN4C[C@H]5C[C@H](Oc6ccccc6F)[C@H](O)[C@@]5(O)C4)ncc32)C=CC=CC1. The zero-order valence-electron chi connectivity index (χ0n) is 22.0. The van der Waals surface area contributed by atoms with Gasteiger partial charge in [0.2, 0.25) is 10.0 Å². The molecule has 2 fully saturated rings. The van der Waals surface area contributed by atoms with Crippen molar-refractivity contribution in [3.05, 3.63) is 84.6 Å². The molecule has 3 N–H and O–H groups in total. The quantitative estimate of drug-likeness (QED) is 0.397. The van der Waals surface area contributed by atoms with Crippen LogP contribution < -0.4 is 4.74 Å². The fourth-order valence-electron chi connectivity index (χ4n) is 6.20. The number of pyridine rings is 1. The molecule has 0 bridgehead atoms. The van der Waals surface area contributed by atoms with E-state index in [-0.39, 0.29) is 24.8 Å². The van der Waals surface area contributed by atoms with Gasteiger partial charge in [0.15, 0.2) is 11.6 Å². The fraction of sp³-hybridized carbons (Fsp3) is 0.414. The highest BCUT2D eigenvalue weighted by Crippen LogP contribution is 2.44. The Bertz CT molecular complexity index is 1610. The van der Waals surface area contributed by atoms with Crippen LogP contribution in [0.15, 0.2) is 73.1 Å². The number of rotatable bonds is 7. The Morgan fingerprint density at radius 1 is 1.25 bits per heavy atom. The van der Waals surface area contributed by atoms with Crippen molar-refractivity contribution in [1.29, 1.82) is 0 Å². The number of likely N-dealkylation sites (tertiary alicyclic amines) is 1. The van der Waals surface area contributed by atoms with Crippen LogP contribution in [0.5, 0.6) is 5.75 Å². The van der Waals surface area contributed by atoms with Crippen molar-refractivity contribution in [2.45, 2.75) is 48.4 Å². The second-order valence-electron chi connectivity index (χ2n) is 11.3. The molecule has 3 heterocycles. The van der Waals surface area contributed by atoms with E-state index in [0.29, 0.717) is 36.0 Å². The van der Waals surface area contributed by atoms with E-state index in [2.05, 4.69) is 4.98 Å². The molecular weight excluding hydrogens is 537 g/mol. The number of para-hydroxylation sites is 1. The fourth-order valence-corrected chi connectivity index (χ4v) is 7.84. The molecule has 1 aromatic carbocycles. The summed E-state index contributed by atoms with van der Waals surface area (Å²) in [6, 6.07) is 9.32. The number of ether oxygens (including phenoxy) is 1. The molecule has 6 rings (SSSR count). The van der Waals surface area contributed by atoms with E-state index in [0.717, 1.165) is 0 Å². The van der Waals surface area contributed by atoms with Gasteiger partial charge >= 0.3 is 0 Å².